The number of carbonyl (C=O) groups is 1. The van der Waals surface area contributed by atoms with Gasteiger partial charge in [0.25, 0.3) is 5.91 Å². The fourth-order valence-corrected chi connectivity index (χ4v) is 4.06. The summed E-state index contributed by atoms with van der Waals surface area (Å²) in [6, 6.07) is 12.7. The van der Waals surface area contributed by atoms with Crippen LogP contribution in [0, 0.1) is 28.4 Å². The highest BCUT2D eigenvalue weighted by atomic mass is 19.1. The Bertz CT molecular complexity index is 1120. The molecule has 0 N–H and O–H groups in total. The van der Waals surface area contributed by atoms with E-state index in [0.717, 1.165) is 11.6 Å². The molecule has 1 amide bonds. The first-order chi connectivity index (χ1) is 16.0. The number of amides is 1. The molecule has 1 aliphatic rings. The molecule has 4 rings (SSSR count). The number of likely N-dealkylation sites (tertiary alicyclic amines) is 1. The highest BCUT2D eigenvalue weighted by Gasteiger charge is 2.37. The number of piperidine rings is 1. The van der Waals surface area contributed by atoms with Crippen molar-refractivity contribution in [2.45, 2.75) is 33.1 Å². The first-order valence-electron chi connectivity index (χ1n) is 11.0. The van der Waals surface area contributed by atoms with Crippen molar-refractivity contribution >= 4 is 5.91 Å². The number of nitrogens with zero attached hydrogens (tertiary/aromatic N) is 4. The van der Waals surface area contributed by atoms with Gasteiger partial charge in [-0.25, -0.2) is 8.78 Å². The molecule has 0 unspecified atom stereocenters. The standard InChI is InChI=1S/C24H20F2N4O.C2H6/c25-19-12-17(13-20(26)14-19)15-24(16-27)5-10-30(11-6-24)23(31)21-2-1-7-29-22(21)18-3-8-28-9-4-18;1-2/h1-4,7-9,12-14H,5-6,10-11,15H2;1-2H3. The predicted molar refractivity (Wildman–Crippen MR) is 122 cm³/mol. The van der Waals surface area contributed by atoms with E-state index < -0.39 is 17.0 Å². The second-order valence-corrected chi connectivity index (χ2v) is 7.77. The van der Waals surface area contributed by atoms with Crippen molar-refractivity contribution in [3.8, 4) is 17.3 Å². The lowest BCUT2D eigenvalue weighted by atomic mass is 9.75. The number of aromatic nitrogens is 2. The zero-order valence-corrected chi connectivity index (χ0v) is 18.8. The summed E-state index contributed by atoms with van der Waals surface area (Å²) in [6.45, 7) is 4.77. The van der Waals surface area contributed by atoms with Crippen LogP contribution in [-0.4, -0.2) is 33.9 Å². The van der Waals surface area contributed by atoms with Crippen molar-refractivity contribution in [1.29, 1.82) is 5.26 Å². The van der Waals surface area contributed by atoms with E-state index in [1.807, 2.05) is 13.8 Å². The highest BCUT2D eigenvalue weighted by molar-refractivity contribution is 5.99. The lowest BCUT2D eigenvalue weighted by Crippen LogP contribution is -2.43. The molecule has 0 bridgehead atoms. The fourth-order valence-electron chi connectivity index (χ4n) is 4.06. The van der Waals surface area contributed by atoms with Crippen LogP contribution >= 0.6 is 0 Å². The van der Waals surface area contributed by atoms with Crippen LogP contribution < -0.4 is 0 Å². The first kappa shape index (κ1) is 24.0. The van der Waals surface area contributed by atoms with Gasteiger partial charge in [0, 0.05) is 43.3 Å². The Morgan fingerprint density at radius 1 is 1.06 bits per heavy atom. The molecule has 0 aliphatic carbocycles. The monoisotopic (exact) mass is 448 g/mol. The molecule has 1 aromatic carbocycles. The third-order valence-corrected chi connectivity index (χ3v) is 5.70. The Hall–Kier alpha value is -3.66. The van der Waals surface area contributed by atoms with Crippen molar-refractivity contribution in [2.24, 2.45) is 5.41 Å². The van der Waals surface area contributed by atoms with Crippen molar-refractivity contribution < 1.29 is 13.6 Å². The Labute approximate surface area is 192 Å². The molecular weight excluding hydrogens is 422 g/mol. The van der Waals surface area contributed by atoms with E-state index in [-0.39, 0.29) is 12.3 Å². The average molecular weight is 449 g/mol. The van der Waals surface area contributed by atoms with Crippen molar-refractivity contribution in [2.75, 3.05) is 13.1 Å². The van der Waals surface area contributed by atoms with Crippen LogP contribution in [-0.2, 0) is 6.42 Å². The molecule has 0 radical (unpaired) electrons. The second-order valence-electron chi connectivity index (χ2n) is 7.77. The number of hydrogen-bond donors (Lipinski definition) is 0. The van der Waals surface area contributed by atoms with Crippen LogP contribution in [0.3, 0.4) is 0 Å². The van der Waals surface area contributed by atoms with E-state index in [2.05, 4.69) is 16.0 Å². The number of nitriles is 1. The summed E-state index contributed by atoms with van der Waals surface area (Å²) in [5.74, 6) is -1.46. The summed E-state index contributed by atoms with van der Waals surface area (Å²) in [6.07, 6.45) is 6.04. The topological polar surface area (TPSA) is 69.9 Å². The molecule has 0 atom stereocenters. The summed E-state index contributed by atoms with van der Waals surface area (Å²) in [7, 11) is 0. The quantitative estimate of drug-likeness (QED) is 0.533. The van der Waals surface area contributed by atoms with Crippen LogP contribution in [0.25, 0.3) is 11.3 Å². The van der Waals surface area contributed by atoms with Crippen LogP contribution in [0.1, 0.15) is 42.6 Å². The van der Waals surface area contributed by atoms with Crippen molar-refractivity contribution in [3.05, 3.63) is 83.8 Å². The molecule has 5 nitrogen and oxygen atoms in total. The molecule has 1 aliphatic heterocycles. The fraction of sp³-hybridized carbons (Fsp3) is 0.308. The zero-order valence-electron chi connectivity index (χ0n) is 18.8. The van der Waals surface area contributed by atoms with Crippen LogP contribution in [0.4, 0.5) is 8.78 Å². The molecule has 33 heavy (non-hydrogen) atoms. The molecular formula is C26H26F2N4O. The number of benzene rings is 1. The minimum atomic E-state index is -0.764. The summed E-state index contributed by atoms with van der Waals surface area (Å²) >= 11 is 0. The predicted octanol–water partition coefficient (Wildman–Crippen LogP) is 5.44. The van der Waals surface area contributed by atoms with Gasteiger partial charge >= 0.3 is 0 Å². The van der Waals surface area contributed by atoms with E-state index in [4.69, 9.17) is 0 Å². The maximum absolute atomic E-state index is 13.6. The molecule has 170 valence electrons. The van der Waals surface area contributed by atoms with E-state index >= 15 is 0 Å². The highest BCUT2D eigenvalue weighted by Crippen LogP contribution is 2.36. The Balaban J connectivity index is 0.00000149. The van der Waals surface area contributed by atoms with Crippen molar-refractivity contribution in [1.82, 2.24) is 14.9 Å². The van der Waals surface area contributed by atoms with E-state index in [9.17, 15) is 18.8 Å². The SMILES string of the molecule is CC.N#CC1(Cc2cc(F)cc(F)c2)CCN(C(=O)c2cccnc2-c2ccncc2)CC1. The normalized spacial score (nSPS) is 14.6. The van der Waals surface area contributed by atoms with Gasteiger partial charge in [0.2, 0.25) is 0 Å². The lowest BCUT2D eigenvalue weighted by Gasteiger charge is -2.37. The second kappa shape index (κ2) is 10.8. The summed E-state index contributed by atoms with van der Waals surface area (Å²) < 4.78 is 27.1. The van der Waals surface area contributed by atoms with Crippen molar-refractivity contribution in [3.63, 3.8) is 0 Å². The number of carbonyl (C=O) groups excluding carboxylic acids is 1. The molecule has 1 fully saturated rings. The molecule has 0 spiro atoms. The van der Waals surface area contributed by atoms with E-state index in [1.54, 1.807) is 47.8 Å². The lowest BCUT2D eigenvalue weighted by molar-refractivity contribution is 0.0647. The molecule has 7 heteroatoms. The van der Waals surface area contributed by atoms with Crippen LogP contribution in [0.2, 0.25) is 0 Å². The maximum Gasteiger partial charge on any atom is 0.256 e. The van der Waals surface area contributed by atoms with E-state index in [1.165, 1.54) is 12.1 Å². The van der Waals surface area contributed by atoms with E-state index in [0.29, 0.717) is 42.8 Å². The Morgan fingerprint density at radius 3 is 2.30 bits per heavy atom. The minimum absolute atomic E-state index is 0.150. The Morgan fingerprint density at radius 2 is 1.70 bits per heavy atom. The average Bonchev–Trinajstić information content (AvgIpc) is 2.85. The summed E-state index contributed by atoms with van der Waals surface area (Å²) in [5.41, 5.74) is 1.56. The van der Waals surface area contributed by atoms with Gasteiger partial charge in [-0.2, -0.15) is 5.26 Å². The number of pyridine rings is 2. The summed E-state index contributed by atoms with van der Waals surface area (Å²) in [4.78, 5) is 23.3. The first-order valence-corrected chi connectivity index (χ1v) is 11.0. The minimum Gasteiger partial charge on any atom is -0.338 e. The molecule has 2 aromatic heterocycles. The van der Waals surface area contributed by atoms with Crippen LogP contribution in [0.15, 0.2) is 61.1 Å². The number of halogens is 2. The van der Waals surface area contributed by atoms with Crippen LogP contribution in [0.5, 0.6) is 0 Å². The molecule has 3 heterocycles. The van der Waals surface area contributed by atoms with Gasteiger partial charge in [-0.15, -0.1) is 0 Å². The third-order valence-electron chi connectivity index (χ3n) is 5.70. The largest absolute Gasteiger partial charge is 0.338 e. The van der Waals surface area contributed by atoms with Gasteiger partial charge in [0.1, 0.15) is 11.6 Å². The third kappa shape index (κ3) is 5.58. The molecule has 0 saturated carbocycles. The summed E-state index contributed by atoms with van der Waals surface area (Å²) in [5, 5.41) is 9.82. The van der Waals surface area contributed by atoms with Gasteiger partial charge in [0.05, 0.1) is 22.7 Å². The molecule has 1 saturated heterocycles. The molecule has 3 aromatic rings. The van der Waals surface area contributed by atoms with Gasteiger partial charge in [-0.3, -0.25) is 14.8 Å². The zero-order chi connectivity index (χ0) is 23.8. The Kier molecular flexibility index (Phi) is 7.83. The number of rotatable bonds is 4. The van der Waals surface area contributed by atoms with Gasteiger partial charge < -0.3 is 4.90 Å². The van der Waals surface area contributed by atoms with Gasteiger partial charge in [0.15, 0.2) is 0 Å². The maximum atomic E-state index is 13.6. The smallest absolute Gasteiger partial charge is 0.256 e. The van der Waals surface area contributed by atoms with Gasteiger partial charge in [-0.1, -0.05) is 13.8 Å². The number of hydrogen-bond acceptors (Lipinski definition) is 4. The van der Waals surface area contributed by atoms with Gasteiger partial charge in [-0.05, 0) is 61.2 Å².